The van der Waals surface area contributed by atoms with Crippen LogP contribution in [0.25, 0.3) is 0 Å². The number of fused-ring (bicyclic) bond motifs is 1. The zero-order chi connectivity index (χ0) is 13.9. The Morgan fingerprint density at radius 2 is 2.00 bits per heavy atom. The van der Waals surface area contributed by atoms with Gasteiger partial charge in [0.05, 0.1) is 5.69 Å². The summed E-state index contributed by atoms with van der Waals surface area (Å²) in [5, 5.41) is 4.75. The van der Waals surface area contributed by atoms with E-state index in [2.05, 4.69) is 24.2 Å². The van der Waals surface area contributed by atoms with E-state index in [1.807, 2.05) is 11.3 Å². The SMILES string of the molecule is CCN(c1nc2c(s1)C(NC)CCC2)C1CCCCC1. The number of nitrogens with one attached hydrogen (secondary N) is 1. The second-order valence-electron chi connectivity index (χ2n) is 6.12. The minimum atomic E-state index is 0.537. The fraction of sp³-hybridized carbons (Fsp3) is 0.812. The summed E-state index contributed by atoms with van der Waals surface area (Å²) >= 11 is 1.95. The van der Waals surface area contributed by atoms with Crippen LogP contribution in [0, 0.1) is 0 Å². The number of aryl methyl sites for hydroxylation is 1. The van der Waals surface area contributed by atoms with Crippen LogP contribution in [0.3, 0.4) is 0 Å². The summed E-state index contributed by atoms with van der Waals surface area (Å²) in [6.45, 7) is 3.38. The maximum absolute atomic E-state index is 5.00. The van der Waals surface area contributed by atoms with Crippen LogP contribution in [0.2, 0.25) is 0 Å². The van der Waals surface area contributed by atoms with Gasteiger partial charge in [-0.3, -0.25) is 0 Å². The molecule has 2 aliphatic rings. The van der Waals surface area contributed by atoms with Crippen LogP contribution >= 0.6 is 11.3 Å². The van der Waals surface area contributed by atoms with Gasteiger partial charge in [0.2, 0.25) is 0 Å². The molecule has 0 spiro atoms. The van der Waals surface area contributed by atoms with Crippen molar-refractivity contribution in [1.82, 2.24) is 10.3 Å². The van der Waals surface area contributed by atoms with E-state index in [4.69, 9.17) is 4.98 Å². The number of hydrogen-bond acceptors (Lipinski definition) is 4. The second-order valence-corrected chi connectivity index (χ2v) is 7.13. The van der Waals surface area contributed by atoms with E-state index in [1.54, 1.807) is 0 Å². The standard InChI is InChI=1S/C16H27N3S/c1-3-19(12-8-5-4-6-9-12)16-18-14-11-7-10-13(17-2)15(14)20-16/h12-13,17H,3-11H2,1-2H3. The summed E-state index contributed by atoms with van der Waals surface area (Å²) in [6.07, 6.45) is 10.6. The van der Waals surface area contributed by atoms with E-state index in [1.165, 1.54) is 67.1 Å². The molecule has 0 saturated heterocycles. The van der Waals surface area contributed by atoms with Gasteiger partial charge in [0.15, 0.2) is 5.13 Å². The summed E-state index contributed by atoms with van der Waals surface area (Å²) in [4.78, 5) is 9.08. The first kappa shape index (κ1) is 14.3. The first-order chi connectivity index (χ1) is 9.83. The predicted octanol–water partition coefficient (Wildman–Crippen LogP) is 3.90. The quantitative estimate of drug-likeness (QED) is 0.912. The lowest BCUT2D eigenvalue weighted by Crippen LogP contribution is -2.36. The predicted molar refractivity (Wildman–Crippen MR) is 86.7 cm³/mol. The van der Waals surface area contributed by atoms with E-state index < -0.39 is 0 Å². The van der Waals surface area contributed by atoms with Crippen molar-refractivity contribution in [2.24, 2.45) is 0 Å². The number of thiazole rings is 1. The maximum Gasteiger partial charge on any atom is 0.186 e. The Bertz CT molecular complexity index is 437. The fourth-order valence-corrected chi connectivity index (χ4v) is 5.14. The van der Waals surface area contributed by atoms with Crippen molar-refractivity contribution in [3.05, 3.63) is 10.6 Å². The number of aromatic nitrogens is 1. The summed E-state index contributed by atoms with van der Waals surface area (Å²) < 4.78 is 0. The highest BCUT2D eigenvalue weighted by atomic mass is 32.1. The summed E-state index contributed by atoms with van der Waals surface area (Å²) in [5.41, 5.74) is 1.37. The van der Waals surface area contributed by atoms with Crippen molar-refractivity contribution in [2.75, 3.05) is 18.5 Å². The van der Waals surface area contributed by atoms with Gasteiger partial charge in [-0.05, 0) is 46.1 Å². The maximum atomic E-state index is 5.00. The van der Waals surface area contributed by atoms with Crippen molar-refractivity contribution < 1.29 is 0 Å². The highest BCUT2D eigenvalue weighted by Gasteiger charge is 2.27. The molecular formula is C16H27N3S. The summed E-state index contributed by atoms with van der Waals surface area (Å²) in [6, 6.07) is 1.27. The Hall–Kier alpha value is -0.610. The first-order valence-corrected chi connectivity index (χ1v) is 9.08. The molecule has 0 aliphatic heterocycles. The van der Waals surface area contributed by atoms with Crippen molar-refractivity contribution in [1.29, 1.82) is 0 Å². The Balaban J connectivity index is 1.83. The van der Waals surface area contributed by atoms with Gasteiger partial charge < -0.3 is 10.2 Å². The lowest BCUT2D eigenvalue weighted by molar-refractivity contribution is 0.417. The molecule has 4 heteroatoms. The molecule has 1 atom stereocenters. The molecule has 1 N–H and O–H groups in total. The Labute approximate surface area is 126 Å². The molecule has 1 fully saturated rings. The van der Waals surface area contributed by atoms with Crippen LogP contribution in [0.5, 0.6) is 0 Å². The number of nitrogens with zero attached hydrogens (tertiary/aromatic N) is 2. The molecular weight excluding hydrogens is 266 g/mol. The van der Waals surface area contributed by atoms with E-state index in [0.717, 1.165) is 12.6 Å². The van der Waals surface area contributed by atoms with Gasteiger partial charge in [-0.15, -0.1) is 0 Å². The smallest absolute Gasteiger partial charge is 0.186 e. The van der Waals surface area contributed by atoms with E-state index in [-0.39, 0.29) is 0 Å². The largest absolute Gasteiger partial charge is 0.345 e. The van der Waals surface area contributed by atoms with Crippen LogP contribution in [-0.4, -0.2) is 24.6 Å². The lowest BCUT2D eigenvalue weighted by Gasteiger charge is -2.33. The van der Waals surface area contributed by atoms with Crippen LogP contribution in [-0.2, 0) is 6.42 Å². The monoisotopic (exact) mass is 293 g/mol. The van der Waals surface area contributed by atoms with E-state index >= 15 is 0 Å². The van der Waals surface area contributed by atoms with E-state index in [9.17, 15) is 0 Å². The van der Waals surface area contributed by atoms with Crippen molar-refractivity contribution in [3.8, 4) is 0 Å². The molecule has 1 unspecified atom stereocenters. The average Bonchev–Trinajstić information content (AvgIpc) is 2.92. The summed E-state index contributed by atoms with van der Waals surface area (Å²) in [5.74, 6) is 0. The van der Waals surface area contributed by atoms with Gasteiger partial charge in [-0.2, -0.15) is 0 Å². The van der Waals surface area contributed by atoms with Crippen molar-refractivity contribution in [3.63, 3.8) is 0 Å². The minimum absolute atomic E-state index is 0.537. The van der Waals surface area contributed by atoms with Crippen LogP contribution in [0.1, 0.15) is 68.5 Å². The Morgan fingerprint density at radius 3 is 2.70 bits per heavy atom. The lowest BCUT2D eigenvalue weighted by atomic mass is 9.94. The minimum Gasteiger partial charge on any atom is -0.345 e. The van der Waals surface area contributed by atoms with Crippen molar-refractivity contribution >= 4 is 16.5 Å². The van der Waals surface area contributed by atoms with Gasteiger partial charge in [0, 0.05) is 23.5 Å². The molecule has 0 radical (unpaired) electrons. The number of rotatable bonds is 4. The molecule has 3 rings (SSSR count). The Morgan fingerprint density at radius 1 is 1.20 bits per heavy atom. The molecule has 3 nitrogen and oxygen atoms in total. The number of hydrogen-bond donors (Lipinski definition) is 1. The molecule has 1 aromatic rings. The van der Waals surface area contributed by atoms with Crippen LogP contribution < -0.4 is 10.2 Å². The molecule has 20 heavy (non-hydrogen) atoms. The molecule has 112 valence electrons. The van der Waals surface area contributed by atoms with Crippen molar-refractivity contribution in [2.45, 2.75) is 70.4 Å². The summed E-state index contributed by atoms with van der Waals surface area (Å²) in [7, 11) is 2.08. The molecule has 0 aromatic carbocycles. The average molecular weight is 293 g/mol. The topological polar surface area (TPSA) is 28.2 Å². The molecule has 1 heterocycles. The van der Waals surface area contributed by atoms with Crippen LogP contribution in [0.4, 0.5) is 5.13 Å². The van der Waals surface area contributed by atoms with Gasteiger partial charge in [0.25, 0.3) is 0 Å². The third-order valence-electron chi connectivity index (χ3n) is 4.89. The fourth-order valence-electron chi connectivity index (χ4n) is 3.75. The van der Waals surface area contributed by atoms with E-state index in [0.29, 0.717) is 6.04 Å². The second kappa shape index (κ2) is 6.44. The normalized spacial score (nSPS) is 23.6. The van der Waals surface area contributed by atoms with Gasteiger partial charge >= 0.3 is 0 Å². The van der Waals surface area contributed by atoms with Gasteiger partial charge in [0.1, 0.15) is 0 Å². The third kappa shape index (κ3) is 2.73. The molecule has 0 bridgehead atoms. The Kier molecular flexibility index (Phi) is 4.61. The van der Waals surface area contributed by atoms with Gasteiger partial charge in [-0.1, -0.05) is 30.6 Å². The highest BCUT2D eigenvalue weighted by molar-refractivity contribution is 7.15. The first-order valence-electron chi connectivity index (χ1n) is 8.27. The third-order valence-corrected chi connectivity index (χ3v) is 6.14. The highest BCUT2D eigenvalue weighted by Crippen LogP contribution is 2.39. The van der Waals surface area contributed by atoms with Gasteiger partial charge in [-0.25, -0.2) is 4.98 Å². The molecule has 1 saturated carbocycles. The molecule has 1 aromatic heterocycles. The number of anilines is 1. The van der Waals surface area contributed by atoms with Crippen LogP contribution in [0.15, 0.2) is 0 Å². The zero-order valence-electron chi connectivity index (χ0n) is 12.8. The molecule has 0 amide bonds. The zero-order valence-corrected chi connectivity index (χ0v) is 13.6. The molecule has 2 aliphatic carbocycles.